The van der Waals surface area contributed by atoms with Gasteiger partial charge in [-0.2, -0.15) is 0 Å². The first kappa shape index (κ1) is 13.5. The van der Waals surface area contributed by atoms with E-state index in [2.05, 4.69) is 47.3 Å². The van der Waals surface area contributed by atoms with E-state index in [-0.39, 0.29) is 0 Å². The van der Waals surface area contributed by atoms with Crippen molar-refractivity contribution in [2.45, 2.75) is 26.8 Å². The summed E-state index contributed by atoms with van der Waals surface area (Å²) in [6, 6.07) is 8.35. The van der Waals surface area contributed by atoms with Crippen LogP contribution in [0, 0.1) is 13.8 Å². The molecule has 4 nitrogen and oxygen atoms in total. The van der Waals surface area contributed by atoms with Gasteiger partial charge in [0.05, 0.1) is 0 Å². The Morgan fingerprint density at radius 1 is 1.21 bits per heavy atom. The third-order valence-electron chi connectivity index (χ3n) is 3.04. The van der Waals surface area contributed by atoms with Gasteiger partial charge in [0, 0.05) is 19.2 Å². The van der Waals surface area contributed by atoms with E-state index in [9.17, 15) is 0 Å². The molecular weight excluding hydrogens is 236 g/mol. The molecule has 2 rings (SSSR count). The summed E-state index contributed by atoms with van der Waals surface area (Å²) in [5.41, 5.74) is 9.36. The summed E-state index contributed by atoms with van der Waals surface area (Å²) in [5, 5.41) is 3.34. The topological polar surface area (TPSA) is 63.8 Å². The van der Waals surface area contributed by atoms with Crippen LogP contribution >= 0.6 is 0 Å². The molecule has 3 N–H and O–H groups in total. The smallest absolute Gasteiger partial charge is 0.131 e. The highest BCUT2D eigenvalue weighted by Gasteiger charge is 2.01. The Morgan fingerprint density at radius 3 is 2.84 bits per heavy atom. The summed E-state index contributed by atoms with van der Waals surface area (Å²) in [6.45, 7) is 5.57. The summed E-state index contributed by atoms with van der Waals surface area (Å²) in [4.78, 5) is 8.61. The zero-order valence-electron chi connectivity index (χ0n) is 11.5. The summed E-state index contributed by atoms with van der Waals surface area (Å²) in [7, 11) is 0. The third-order valence-corrected chi connectivity index (χ3v) is 3.04. The van der Waals surface area contributed by atoms with E-state index in [0.717, 1.165) is 18.2 Å². The number of nitrogens with two attached hydrogens (primary N) is 1. The minimum Gasteiger partial charge on any atom is -0.366 e. The van der Waals surface area contributed by atoms with Crippen LogP contribution in [0.15, 0.2) is 30.5 Å². The fourth-order valence-electron chi connectivity index (χ4n) is 1.92. The SMILES string of the molecule is Cc1ccc(C)c(CNc2ccnc(CCN)n2)c1. The highest BCUT2D eigenvalue weighted by atomic mass is 15.0. The molecule has 1 heterocycles. The number of aromatic nitrogens is 2. The zero-order chi connectivity index (χ0) is 13.7. The van der Waals surface area contributed by atoms with Gasteiger partial charge in [-0.1, -0.05) is 23.8 Å². The lowest BCUT2D eigenvalue weighted by molar-refractivity contribution is 0.865. The lowest BCUT2D eigenvalue weighted by Crippen LogP contribution is -2.09. The van der Waals surface area contributed by atoms with Crippen molar-refractivity contribution in [1.82, 2.24) is 9.97 Å². The van der Waals surface area contributed by atoms with Crippen molar-refractivity contribution in [2.75, 3.05) is 11.9 Å². The van der Waals surface area contributed by atoms with Crippen LogP contribution < -0.4 is 11.1 Å². The van der Waals surface area contributed by atoms with Gasteiger partial charge in [0.1, 0.15) is 11.6 Å². The molecule has 4 heteroatoms. The fourth-order valence-corrected chi connectivity index (χ4v) is 1.92. The lowest BCUT2D eigenvalue weighted by atomic mass is 10.1. The quantitative estimate of drug-likeness (QED) is 0.861. The van der Waals surface area contributed by atoms with Gasteiger partial charge < -0.3 is 11.1 Å². The predicted molar refractivity (Wildman–Crippen MR) is 78.0 cm³/mol. The Morgan fingerprint density at radius 2 is 2.05 bits per heavy atom. The fraction of sp³-hybridized carbons (Fsp3) is 0.333. The van der Waals surface area contributed by atoms with Crippen molar-refractivity contribution in [3.63, 3.8) is 0 Å². The van der Waals surface area contributed by atoms with Gasteiger partial charge in [-0.3, -0.25) is 0 Å². The van der Waals surface area contributed by atoms with E-state index in [1.165, 1.54) is 16.7 Å². The largest absolute Gasteiger partial charge is 0.366 e. The molecule has 0 amide bonds. The van der Waals surface area contributed by atoms with Crippen LogP contribution in [0.5, 0.6) is 0 Å². The normalized spacial score (nSPS) is 10.5. The minimum absolute atomic E-state index is 0.570. The summed E-state index contributed by atoms with van der Waals surface area (Å²) < 4.78 is 0. The molecule has 0 aliphatic rings. The Balaban J connectivity index is 2.05. The number of hydrogen-bond donors (Lipinski definition) is 2. The number of aryl methyl sites for hydroxylation is 2. The van der Waals surface area contributed by atoms with Gasteiger partial charge in [-0.05, 0) is 37.6 Å². The first-order valence-corrected chi connectivity index (χ1v) is 6.51. The second-order valence-corrected chi connectivity index (χ2v) is 4.68. The number of rotatable bonds is 5. The number of hydrogen-bond acceptors (Lipinski definition) is 4. The van der Waals surface area contributed by atoms with E-state index in [4.69, 9.17) is 5.73 Å². The van der Waals surface area contributed by atoms with Crippen molar-refractivity contribution in [1.29, 1.82) is 0 Å². The molecule has 0 aliphatic carbocycles. The van der Waals surface area contributed by atoms with Gasteiger partial charge in [0.25, 0.3) is 0 Å². The first-order valence-electron chi connectivity index (χ1n) is 6.51. The van der Waals surface area contributed by atoms with E-state index in [0.29, 0.717) is 13.0 Å². The molecule has 19 heavy (non-hydrogen) atoms. The van der Waals surface area contributed by atoms with Crippen LogP contribution in [-0.2, 0) is 13.0 Å². The molecule has 0 fully saturated rings. The number of nitrogens with zero attached hydrogens (tertiary/aromatic N) is 2. The molecule has 0 aliphatic heterocycles. The van der Waals surface area contributed by atoms with Crippen LogP contribution in [0.2, 0.25) is 0 Å². The van der Waals surface area contributed by atoms with Crippen molar-refractivity contribution < 1.29 is 0 Å². The Kier molecular flexibility index (Phi) is 4.47. The third kappa shape index (κ3) is 3.76. The van der Waals surface area contributed by atoms with Crippen LogP contribution in [-0.4, -0.2) is 16.5 Å². The van der Waals surface area contributed by atoms with Crippen molar-refractivity contribution in [3.8, 4) is 0 Å². The molecule has 0 bridgehead atoms. The molecule has 2 aromatic rings. The maximum atomic E-state index is 5.51. The standard InChI is InChI=1S/C15H20N4/c1-11-3-4-12(2)13(9-11)10-18-15-6-8-17-14(19-15)5-7-16/h3-4,6,8-9H,5,7,10,16H2,1-2H3,(H,17,18,19). The molecule has 0 saturated carbocycles. The molecule has 0 saturated heterocycles. The average molecular weight is 256 g/mol. The van der Waals surface area contributed by atoms with E-state index in [1.807, 2.05) is 6.07 Å². The van der Waals surface area contributed by atoms with E-state index < -0.39 is 0 Å². The minimum atomic E-state index is 0.570. The molecule has 0 atom stereocenters. The average Bonchev–Trinajstić information content (AvgIpc) is 2.41. The number of nitrogens with one attached hydrogen (secondary N) is 1. The zero-order valence-corrected chi connectivity index (χ0v) is 11.5. The van der Waals surface area contributed by atoms with E-state index >= 15 is 0 Å². The van der Waals surface area contributed by atoms with Gasteiger partial charge in [0.2, 0.25) is 0 Å². The Labute approximate surface area is 114 Å². The summed E-state index contributed by atoms with van der Waals surface area (Å²) in [6.07, 6.45) is 2.47. The van der Waals surface area contributed by atoms with Gasteiger partial charge in [0.15, 0.2) is 0 Å². The maximum absolute atomic E-state index is 5.51. The monoisotopic (exact) mass is 256 g/mol. The highest BCUT2D eigenvalue weighted by molar-refractivity contribution is 5.37. The molecule has 1 aromatic carbocycles. The second kappa shape index (κ2) is 6.29. The molecule has 100 valence electrons. The molecular formula is C15H20N4. The molecule has 0 radical (unpaired) electrons. The molecule has 1 aromatic heterocycles. The van der Waals surface area contributed by atoms with Gasteiger partial charge in [-0.15, -0.1) is 0 Å². The van der Waals surface area contributed by atoms with Crippen molar-refractivity contribution in [3.05, 3.63) is 53.0 Å². The first-order chi connectivity index (χ1) is 9.19. The second-order valence-electron chi connectivity index (χ2n) is 4.68. The lowest BCUT2D eigenvalue weighted by Gasteiger charge is -2.10. The Bertz CT molecular complexity index is 552. The van der Waals surface area contributed by atoms with E-state index in [1.54, 1.807) is 6.20 Å². The van der Waals surface area contributed by atoms with Crippen molar-refractivity contribution >= 4 is 5.82 Å². The van der Waals surface area contributed by atoms with Crippen LogP contribution in [0.3, 0.4) is 0 Å². The maximum Gasteiger partial charge on any atom is 0.131 e. The summed E-state index contributed by atoms with van der Waals surface area (Å²) in [5.74, 6) is 1.63. The summed E-state index contributed by atoms with van der Waals surface area (Å²) >= 11 is 0. The molecule has 0 spiro atoms. The predicted octanol–water partition coefficient (Wildman–Crippen LogP) is 2.21. The number of anilines is 1. The van der Waals surface area contributed by atoms with Crippen LogP contribution in [0.1, 0.15) is 22.5 Å². The number of benzene rings is 1. The highest BCUT2D eigenvalue weighted by Crippen LogP contribution is 2.12. The van der Waals surface area contributed by atoms with Crippen molar-refractivity contribution in [2.24, 2.45) is 5.73 Å². The molecule has 0 unspecified atom stereocenters. The van der Waals surface area contributed by atoms with Gasteiger partial charge in [-0.25, -0.2) is 9.97 Å². The van der Waals surface area contributed by atoms with Crippen LogP contribution in [0.25, 0.3) is 0 Å². The van der Waals surface area contributed by atoms with Crippen LogP contribution in [0.4, 0.5) is 5.82 Å². The Hall–Kier alpha value is -1.94. The van der Waals surface area contributed by atoms with Gasteiger partial charge >= 0.3 is 0 Å².